The molecule has 2 fully saturated rings. The molecule has 4 heteroatoms. The highest BCUT2D eigenvalue weighted by atomic mass is 32.1. The third-order valence-corrected chi connectivity index (χ3v) is 8.79. The second-order valence-corrected chi connectivity index (χ2v) is 10.8. The van der Waals surface area contributed by atoms with Crippen molar-refractivity contribution in [1.82, 2.24) is 4.90 Å². The highest BCUT2D eigenvalue weighted by molar-refractivity contribution is 7.17. The first-order chi connectivity index (χ1) is 16.3. The van der Waals surface area contributed by atoms with Crippen LogP contribution in [0.2, 0.25) is 0 Å². The van der Waals surface area contributed by atoms with Crippen LogP contribution in [-0.2, 0) is 11.2 Å². The largest absolute Gasteiger partial charge is 0.315 e. The minimum Gasteiger partial charge on any atom is -0.315 e. The van der Waals surface area contributed by atoms with Crippen molar-refractivity contribution in [2.75, 3.05) is 24.5 Å². The molecule has 1 aromatic heterocycles. The van der Waals surface area contributed by atoms with E-state index in [9.17, 15) is 4.79 Å². The summed E-state index contributed by atoms with van der Waals surface area (Å²) in [4.78, 5) is 16.6. The van der Waals surface area contributed by atoms with Gasteiger partial charge in [0.25, 0.3) is 0 Å². The standard InChI is InChI=1S/C29H36N2OS/c32-22-31(18-6-4-10-23-8-2-1-3-9-23)26-14-15-29-27(20-26)28(21-33-29)24-12-13-25-11-5-7-17-30(25)19-16-24/h1-3,8-9,14-15,20-22,24-25H,4-7,10-13,16-19H2. The topological polar surface area (TPSA) is 23.6 Å². The average molecular weight is 461 g/mol. The Bertz CT molecular complexity index is 1030. The average Bonchev–Trinajstić information content (AvgIpc) is 3.16. The van der Waals surface area contributed by atoms with Crippen LogP contribution in [0.4, 0.5) is 5.69 Å². The Morgan fingerprint density at radius 3 is 2.76 bits per heavy atom. The zero-order valence-corrected chi connectivity index (χ0v) is 20.4. The van der Waals surface area contributed by atoms with Gasteiger partial charge in [-0.25, -0.2) is 0 Å². The Balaban J connectivity index is 1.26. The molecule has 0 saturated carbocycles. The van der Waals surface area contributed by atoms with Crippen molar-refractivity contribution in [1.29, 1.82) is 0 Å². The van der Waals surface area contributed by atoms with Gasteiger partial charge in [0.2, 0.25) is 6.41 Å². The number of piperidine rings is 1. The Hall–Kier alpha value is -2.17. The molecule has 2 aromatic carbocycles. The Labute approximate surface area is 202 Å². The molecule has 3 aromatic rings. The molecule has 2 saturated heterocycles. The van der Waals surface area contributed by atoms with E-state index in [1.165, 1.54) is 72.8 Å². The van der Waals surface area contributed by atoms with E-state index >= 15 is 0 Å². The smallest absolute Gasteiger partial charge is 0.214 e. The molecular formula is C29H36N2OS. The summed E-state index contributed by atoms with van der Waals surface area (Å²) in [5, 5.41) is 3.77. The van der Waals surface area contributed by atoms with Crippen LogP contribution in [0.5, 0.6) is 0 Å². The molecule has 0 radical (unpaired) electrons. The number of rotatable bonds is 8. The number of carbonyl (C=O) groups excluding carboxylic acids is 1. The summed E-state index contributed by atoms with van der Waals surface area (Å²) >= 11 is 1.87. The van der Waals surface area contributed by atoms with Crippen LogP contribution in [0.1, 0.15) is 68.4 Å². The first-order valence-corrected chi connectivity index (χ1v) is 13.7. The van der Waals surface area contributed by atoms with Gasteiger partial charge in [0, 0.05) is 23.0 Å². The fourth-order valence-corrected chi connectivity index (χ4v) is 6.91. The normalized spacial score (nSPS) is 21.5. The van der Waals surface area contributed by atoms with E-state index in [4.69, 9.17) is 0 Å². The summed E-state index contributed by atoms with van der Waals surface area (Å²) in [6.45, 7) is 3.32. The van der Waals surface area contributed by atoms with Crippen molar-refractivity contribution in [3.63, 3.8) is 0 Å². The number of thiophene rings is 1. The third-order valence-electron chi connectivity index (χ3n) is 7.81. The van der Waals surface area contributed by atoms with E-state index in [0.29, 0.717) is 5.92 Å². The highest BCUT2D eigenvalue weighted by Gasteiger charge is 2.28. The Kier molecular flexibility index (Phi) is 7.43. The summed E-state index contributed by atoms with van der Waals surface area (Å²) in [7, 11) is 0. The fourth-order valence-electron chi connectivity index (χ4n) is 5.88. The van der Waals surface area contributed by atoms with Crippen molar-refractivity contribution >= 4 is 33.5 Å². The van der Waals surface area contributed by atoms with E-state index in [1.807, 2.05) is 16.2 Å². The first kappa shape index (κ1) is 22.6. The predicted octanol–water partition coefficient (Wildman–Crippen LogP) is 7.01. The van der Waals surface area contributed by atoms with Crippen LogP contribution in [-0.4, -0.2) is 37.0 Å². The number of fused-ring (bicyclic) bond motifs is 2. The number of hydrogen-bond donors (Lipinski definition) is 0. The van der Waals surface area contributed by atoms with Gasteiger partial charge < -0.3 is 9.80 Å². The van der Waals surface area contributed by atoms with Gasteiger partial charge in [0.1, 0.15) is 0 Å². The second kappa shape index (κ2) is 10.8. The van der Waals surface area contributed by atoms with E-state index in [-0.39, 0.29) is 0 Å². The molecular weight excluding hydrogens is 424 g/mol. The van der Waals surface area contributed by atoms with Gasteiger partial charge in [0.05, 0.1) is 0 Å². The lowest BCUT2D eigenvalue weighted by Crippen LogP contribution is -2.38. The van der Waals surface area contributed by atoms with E-state index in [1.54, 1.807) is 0 Å². The van der Waals surface area contributed by atoms with Gasteiger partial charge in [0.15, 0.2) is 0 Å². The van der Waals surface area contributed by atoms with Crippen molar-refractivity contribution in [2.45, 2.75) is 69.7 Å². The minimum atomic E-state index is 0.648. The van der Waals surface area contributed by atoms with Gasteiger partial charge >= 0.3 is 0 Å². The lowest BCUT2D eigenvalue weighted by atomic mass is 9.90. The number of amides is 1. The lowest BCUT2D eigenvalue weighted by Gasteiger charge is -2.33. The van der Waals surface area contributed by atoms with Crippen LogP contribution in [0.3, 0.4) is 0 Å². The Morgan fingerprint density at radius 1 is 0.970 bits per heavy atom. The zero-order valence-electron chi connectivity index (χ0n) is 19.6. The number of aryl methyl sites for hydroxylation is 1. The molecule has 0 bridgehead atoms. The van der Waals surface area contributed by atoms with Gasteiger partial charge in [-0.1, -0.05) is 36.8 Å². The van der Waals surface area contributed by atoms with Crippen molar-refractivity contribution in [2.24, 2.45) is 0 Å². The summed E-state index contributed by atoms with van der Waals surface area (Å²) in [5.74, 6) is 0.648. The molecule has 0 aliphatic carbocycles. The molecule has 2 aliphatic heterocycles. The van der Waals surface area contributed by atoms with Crippen LogP contribution >= 0.6 is 11.3 Å². The molecule has 1 amide bonds. The number of nitrogens with zero attached hydrogens (tertiary/aromatic N) is 2. The number of unbranched alkanes of at least 4 members (excludes halogenated alkanes) is 1. The fraction of sp³-hybridized carbons (Fsp3) is 0.483. The monoisotopic (exact) mass is 460 g/mol. The predicted molar refractivity (Wildman–Crippen MR) is 140 cm³/mol. The SMILES string of the molecule is O=CN(CCCCc1ccccc1)c1ccc2scc(C3CCC4CCCCN4CC3)c2c1. The van der Waals surface area contributed by atoms with Gasteiger partial charge in [-0.05, 0) is 110 Å². The maximum Gasteiger partial charge on any atom is 0.214 e. The van der Waals surface area contributed by atoms with E-state index < -0.39 is 0 Å². The lowest BCUT2D eigenvalue weighted by molar-refractivity contribution is -0.107. The van der Waals surface area contributed by atoms with Crippen LogP contribution < -0.4 is 4.90 Å². The first-order valence-electron chi connectivity index (χ1n) is 12.8. The summed E-state index contributed by atoms with van der Waals surface area (Å²) in [6.07, 6.45) is 12.3. The third kappa shape index (κ3) is 5.33. The van der Waals surface area contributed by atoms with Gasteiger partial charge in [-0.15, -0.1) is 11.3 Å². The quantitative estimate of drug-likeness (QED) is 0.267. The number of anilines is 1. The molecule has 3 nitrogen and oxygen atoms in total. The summed E-state index contributed by atoms with van der Waals surface area (Å²) in [5.41, 5.74) is 3.94. The summed E-state index contributed by atoms with van der Waals surface area (Å²) in [6, 6.07) is 18.1. The number of hydrogen-bond acceptors (Lipinski definition) is 3. The van der Waals surface area contributed by atoms with Gasteiger partial charge in [-0.3, -0.25) is 4.79 Å². The summed E-state index contributed by atoms with van der Waals surface area (Å²) < 4.78 is 1.35. The molecule has 33 heavy (non-hydrogen) atoms. The molecule has 3 heterocycles. The molecule has 0 spiro atoms. The number of carbonyl (C=O) groups is 1. The zero-order chi connectivity index (χ0) is 22.5. The number of benzene rings is 2. The maximum atomic E-state index is 11.9. The van der Waals surface area contributed by atoms with Crippen molar-refractivity contribution < 1.29 is 4.79 Å². The Morgan fingerprint density at radius 2 is 1.88 bits per heavy atom. The second-order valence-electron chi connectivity index (χ2n) is 9.86. The highest BCUT2D eigenvalue weighted by Crippen LogP contribution is 2.40. The molecule has 2 atom stereocenters. The van der Waals surface area contributed by atoms with E-state index in [2.05, 4.69) is 58.8 Å². The van der Waals surface area contributed by atoms with Crippen LogP contribution in [0, 0.1) is 0 Å². The van der Waals surface area contributed by atoms with Crippen molar-refractivity contribution in [3.05, 3.63) is 65.0 Å². The molecule has 5 rings (SSSR count). The maximum absolute atomic E-state index is 11.9. The van der Waals surface area contributed by atoms with Crippen molar-refractivity contribution in [3.8, 4) is 0 Å². The minimum absolute atomic E-state index is 0.648. The van der Waals surface area contributed by atoms with Crippen LogP contribution in [0.25, 0.3) is 10.1 Å². The van der Waals surface area contributed by atoms with Crippen LogP contribution in [0.15, 0.2) is 53.9 Å². The molecule has 2 unspecified atom stereocenters. The van der Waals surface area contributed by atoms with Gasteiger partial charge in [-0.2, -0.15) is 0 Å². The molecule has 174 valence electrons. The molecule has 2 aliphatic rings. The molecule has 0 N–H and O–H groups in total. The van der Waals surface area contributed by atoms with E-state index in [0.717, 1.165) is 43.9 Å².